The highest BCUT2D eigenvalue weighted by atomic mass is 16.5. The molecule has 0 radical (unpaired) electrons. The summed E-state index contributed by atoms with van der Waals surface area (Å²) in [5, 5.41) is 14.4. The summed E-state index contributed by atoms with van der Waals surface area (Å²) < 4.78 is 6.57. The molecular weight excluding hydrogens is 298 g/mol. The van der Waals surface area contributed by atoms with Crippen molar-refractivity contribution in [2.45, 2.75) is 6.04 Å². The molecule has 0 saturated heterocycles. The van der Waals surface area contributed by atoms with Crippen LogP contribution in [0, 0.1) is 0 Å². The highest BCUT2D eigenvalue weighted by molar-refractivity contribution is 5.97. The Morgan fingerprint density at radius 3 is 2.96 bits per heavy atom. The Bertz CT molecular complexity index is 796. The summed E-state index contributed by atoms with van der Waals surface area (Å²) in [6.07, 6.45) is 1.58. The quantitative estimate of drug-likeness (QED) is 0.925. The first-order chi connectivity index (χ1) is 11.1. The third-order valence-corrected chi connectivity index (χ3v) is 3.53. The van der Waals surface area contributed by atoms with E-state index in [1.54, 1.807) is 25.4 Å². The number of nitrogens with zero attached hydrogens (tertiary/aromatic N) is 4. The molecule has 2 aromatic rings. The van der Waals surface area contributed by atoms with E-state index < -0.39 is 6.04 Å². The maximum Gasteiger partial charge on any atom is 0.295 e. The first kappa shape index (κ1) is 14.9. The fourth-order valence-electron chi connectivity index (χ4n) is 2.43. The van der Waals surface area contributed by atoms with Crippen LogP contribution in [0.1, 0.15) is 32.3 Å². The van der Waals surface area contributed by atoms with Crippen molar-refractivity contribution >= 4 is 11.8 Å². The Balaban J connectivity index is 1.75. The number of ether oxygens (including phenoxy) is 1. The number of hydrogen-bond acceptors (Lipinski definition) is 5. The van der Waals surface area contributed by atoms with Crippen LogP contribution in [0.15, 0.2) is 40.7 Å². The molecule has 0 aliphatic carbocycles. The lowest BCUT2D eigenvalue weighted by molar-refractivity contribution is 0.0947. The zero-order valence-corrected chi connectivity index (χ0v) is 12.7. The maximum absolute atomic E-state index is 12.3. The van der Waals surface area contributed by atoms with Gasteiger partial charge < -0.3 is 10.1 Å². The molecule has 1 aromatic heterocycles. The number of aryl methyl sites for hydroxylation is 1. The van der Waals surface area contributed by atoms with E-state index in [1.165, 1.54) is 11.8 Å². The molecule has 0 spiro atoms. The summed E-state index contributed by atoms with van der Waals surface area (Å²) in [4.78, 5) is 24.0. The molecule has 1 N–H and O–H groups in total. The molecule has 8 nitrogen and oxygen atoms in total. The van der Waals surface area contributed by atoms with E-state index >= 15 is 0 Å². The number of amides is 2. The van der Waals surface area contributed by atoms with Gasteiger partial charge in [0, 0.05) is 25.4 Å². The standard InChI is InChI=1S/C15H15N5O3/c1-20-8-11(15(19-20)23-2)13(21)16-7-12-9-5-3-4-6-10(9)14(22)18-17-12/h3-6,8,12H,7H2,1-2H3,(H,16,21). The number of aromatic nitrogens is 2. The monoisotopic (exact) mass is 313 g/mol. The second-order valence-electron chi connectivity index (χ2n) is 5.06. The van der Waals surface area contributed by atoms with Crippen molar-refractivity contribution in [2.24, 2.45) is 17.3 Å². The molecule has 8 heteroatoms. The van der Waals surface area contributed by atoms with E-state index in [0.29, 0.717) is 11.1 Å². The van der Waals surface area contributed by atoms with Crippen LogP contribution in [-0.4, -0.2) is 35.2 Å². The minimum atomic E-state index is -0.393. The second kappa shape index (κ2) is 5.99. The molecule has 2 heterocycles. The van der Waals surface area contributed by atoms with Gasteiger partial charge in [-0.05, 0) is 11.6 Å². The van der Waals surface area contributed by atoms with Crippen LogP contribution >= 0.6 is 0 Å². The molecule has 0 fully saturated rings. The van der Waals surface area contributed by atoms with Crippen LogP contribution in [0.4, 0.5) is 0 Å². The van der Waals surface area contributed by atoms with E-state index in [0.717, 1.165) is 5.56 Å². The van der Waals surface area contributed by atoms with Gasteiger partial charge in [0.05, 0.1) is 7.11 Å². The fraction of sp³-hybridized carbons (Fsp3) is 0.267. The minimum Gasteiger partial charge on any atom is -0.479 e. The van der Waals surface area contributed by atoms with Gasteiger partial charge >= 0.3 is 0 Å². The van der Waals surface area contributed by atoms with Gasteiger partial charge in [0.15, 0.2) is 0 Å². The van der Waals surface area contributed by atoms with Gasteiger partial charge in [-0.3, -0.25) is 14.3 Å². The maximum atomic E-state index is 12.3. The summed E-state index contributed by atoms with van der Waals surface area (Å²) in [6.45, 7) is 0.227. The lowest BCUT2D eigenvalue weighted by Crippen LogP contribution is -2.29. The number of azo groups is 1. The van der Waals surface area contributed by atoms with Crippen LogP contribution in [0.5, 0.6) is 5.88 Å². The van der Waals surface area contributed by atoms with Gasteiger partial charge in [-0.2, -0.15) is 5.11 Å². The summed E-state index contributed by atoms with van der Waals surface area (Å²) >= 11 is 0. The Morgan fingerprint density at radius 1 is 1.39 bits per heavy atom. The first-order valence-corrected chi connectivity index (χ1v) is 7.00. The first-order valence-electron chi connectivity index (χ1n) is 7.00. The van der Waals surface area contributed by atoms with Crippen molar-refractivity contribution < 1.29 is 14.3 Å². The van der Waals surface area contributed by atoms with Crippen LogP contribution in [-0.2, 0) is 7.05 Å². The average molecular weight is 313 g/mol. The summed E-state index contributed by atoms with van der Waals surface area (Å²) in [5.74, 6) is -0.428. The molecule has 1 unspecified atom stereocenters. The predicted molar refractivity (Wildman–Crippen MR) is 80.5 cm³/mol. The molecule has 0 bridgehead atoms. The zero-order valence-electron chi connectivity index (χ0n) is 12.7. The van der Waals surface area contributed by atoms with Gasteiger partial charge in [-0.1, -0.05) is 18.2 Å². The van der Waals surface area contributed by atoms with E-state index in [9.17, 15) is 9.59 Å². The number of carbonyl (C=O) groups excluding carboxylic acids is 2. The third kappa shape index (κ3) is 2.83. The van der Waals surface area contributed by atoms with E-state index in [2.05, 4.69) is 20.6 Å². The smallest absolute Gasteiger partial charge is 0.295 e. The van der Waals surface area contributed by atoms with Gasteiger partial charge in [0.1, 0.15) is 11.6 Å². The van der Waals surface area contributed by atoms with Crippen molar-refractivity contribution in [3.05, 3.63) is 47.2 Å². The van der Waals surface area contributed by atoms with Gasteiger partial charge in [0.2, 0.25) is 5.88 Å². The Hall–Kier alpha value is -3.03. The van der Waals surface area contributed by atoms with Crippen molar-refractivity contribution in [3.63, 3.8) is 0 Å². The molecule has 1 aromatic carbocycles. The Kier molecular flexibility index (Phi) is 3.88. The molecule has 1 atom stereocenters. The van der Waals surface area contributed by atoms with E-state index in [4.69, 9.17) is 4.74 Å². The number of hydrogen-bond donors (Lipinski definition) is 1. The summed E-state index contributed by atoms with van der Waals surface area (Å²) in [7, 11) is 3.16. The molecular formula is C15H15N5O3. The van der Waals surface area contributed by atoms with E-state index in [-0.39, 0.29) is 24.2 Å². The number of rotatable bonds is 4. The Labute approximate surface area is 132 Å². The normalized spacial score (nSPS) is 16.1. The van der Waals surface area contributed by atoms with Crippen LogP contribution in [0.2, 0.25) is 0 Å². The number of nitrogens with one attached hydrogen (secondary N) is 1. The van der Waals surface area contributed by atoms with Crippen LogP contribution in [0.3, 0.4) is 0 Å². The number of methoxy groups -OCH3 is 1. The molecule has 0 saturated carbocycles. The molecule has 1 aliphatic heterocycles. The third-order valence-electron chi connectivity index (χ3n) is 3.53. The molecule has 23 heavy (non-hydrogen) atoms. The predicted octanol–water partition coefficient (Wildman–Crippen LogP) is 1.51. The highest BCUT2D eigenvalue weighted by Gasteiger charge is 2.24. The fourth-order valence-corrected chi connectivity index (χ4v) is 2.43. The van der Waals surface area contributed by atoms with Crippen molar-refractivity contribution in [2.75, 3.05) is 13.7 Å². The number of benzene rings is 1. The second-order valence-corrected chi connectivity index (χ2v) is 5.06. The summed E-state index contributed by atoms with van der Waals surface area (Å²) in [6, 6.07) is 6.72. The SMILES string of the molecule is COc1nn(C)cc1C(=O)NCC1N=NC(=O)c2ccccc21. The van der Waals surface area contributed by atoms with Crippen LogP contribution < -0.4 is 10.1 Å². The molecule has 1 aliphatic rings. The lowest BCUT2D eigenvalue weighted by Gasteiger charge is -2.18. The molecule has 118 valence electrons. The van der Waals surface area contributed by atoms with Crippen molar-refractivity contribution in [1.82, 2.24) is 15.1 Å². The van der Waals surface area contributed by atoms with Crippen LogP contribution in [0.25, 0.3) is 0 Å². The lowest BCUT2D eigenvalue weighted by atomic mass is 9.99. The molecule has 2 amide bonds. The van der Waals surface area contributed by atoms with Crippen molar-refractivity contribution in [3.8, 4) is 5.88 Å². The summed E-state index contributed by atoms with van der Waals surface area (Å²) in [5.41, 5.74) is 1.61. The number of carbonyl (C=O) groups is 2. The van der Waals surface area contributed by atoms with Gasteiger partial charge in [-0.15, -0.1) is 10.2 Å². The topological polar surface area (TPSA) is 97.9 Å². The zero-order chi connectivity index (χ0) is 16.4. The Morgan fingerprint density at radius 2 is 2.17 bits per heavy atom. The van der Waals surface area contributed by atoms with Crippen molar-refractivity contribution in [1.29, 1.82) is 0 Å². The molecule has 3 rings (SSSR count). The average Bonchev–Trinajstić information content (AvgIpc) is 2.95. The highest BCUT2D eigenvalue weighted by Crippen LogP contribution is 2.26. The van der Waals surface area contributed by atoms with E-state index in [1.807, 2.05) is 12.1 Å². The van der Waals surface area contributed by atoms with Gasteiger partial charge in [0.25, 0.3) is 11.8 Å². The largest absolute Gasteiger partial charge is 0.479 e. The number of fused-ring (bicyclic) bond motifs is 1. The van der Waals surface area contributed by atoms with Gasteiger partial charge in [-0.25, -0.2) is 0 Å². The minimum absolute atomic E-state index is 0.227.